The highest BCUT2D eigenvalue weighted by atomic mass is 15.3. The van der Waals surface area contributed by atoms with Crippen LogP contribution in [0.25, 0.3) is 16.6 Å². The first-order valence-electron chi connectivity index (χ1n) is 4.99. The monoisotopic (exact) mass is 210 g/mol. The minimum atomic E-state index is 0.505. The molecule has 0 amide bonds. The average Bonchev–Trinajstić information content (AvgIpc) is 2.73. The van der Waals surface area contributed by atoms with Crippen LogP contribution in [0.4, 0.5) is 5.82 Å². The lowest BCUT2D eigenvalue weighted by atomic mass is 10.3. The number of nitrogen functional groups attached to an aromatic ring is 1. The van der Waals surface area contributed by atoms with Crippen LogP contribution >= 0.6 is 0 Å². The number of nitrogens with two attached hydrogens (primary N) is 1. The second-order valence-corrected chi connectivity index (χ2v) is 3.56. The molecule has 4 heteroatoms. The number of aromatic nitrogens is 3. The van der Waals surface area contributed by atoms with Crippen LogP contribution in [-0.4, -0.2) is 14.8 Å². The van der Waals surface area contributed by atoms with Crippen molar-refractivity contribution in [3.63, 3.8) is 0 Å². The predicted molar refractivity (Wildman–Crippen MR) is 63.3 cm³/mol. The molecule has 0 radical (unpaired) electrons. The molecule has 0 aliphatic carbocycles. The van der Waals surface area contributed by atoms with Crippen LogP contribution in [0.1, 0.15) is 0 Å². The zero-order valence-corrected chi connectivity index (χ0v) is 8.54. The molecule has 16 heavy (non-hydrogen) atoms. The van der Waals surface area contributed by atoms with E-state index in [2.05, 4.69) is 10.1 Å². The van der Waals surface area contributed by atoms with Crippen molar-refractivity contribution >= 4 is 16.7 Å². The Kier molecular flexibility index (Phi) is 1.86. The second-order valence-electron chi connectivity index (χ2n) is 3.56. The van der Waals surface area contributed by atoms with Gasteiger partial charge >= 0.3 is 0 Å². The first-order chi connectivity index (χ1) is 7.84. The molecule has 0 spiro atoms. The summed E-state index contributed by atoms with van der Waals surface area (Å²) in [5.41, 5.74) is 7.67. The molecule has 3 rings (SSSR count). The van der Waals surface area contributed by atoms with E-state index in [0.29, 0.717) is 5.82 Å². The number of para-hydroxylation sites is 1. The van der Waals surface area contributed by atoms with Crippen LogP contribution in [0.2, 0.25) is 0 Å². The molecular formula is C12H10N4. The van der Waals surface area contributed by atoms with Crippen LogP contribution in [0.3, 0.4) is 0 Å². The Morgan fingerprint density at radius 2 is 1.88 bits per heavy atom. The topological polar surface area (TPSA) is 56.7 Å². The number of hydrogen-bond donors (Lipinski definition) is 1. The molecule has 2 heterocycles. The third-order valence-electron chi connectivity index (χ3n) is 2.47. The van der Waals surface area contributed by atoms with Gasteiger partial charge in [-0.25, -0.2) is 9.67 Å². The van der Waals surface area contributed by atoms with E-state index in [4.69, 9.17) is 5.73 Å². The van der Waals surface area contributed by atoms with E-state index in [1.807, 2.05) is 41.1 Å². The number of anilines is 1. The molecule has 4 nitrogen and oxygen atoms in total. The van der Waals surface area contributed by atoms with Crippen LogP contribution in [0.15, 0.2) is 48.8 Å². The third-order valence-corrected chi connectivity index (χ3v) is 2.47. The highest BCUT2D eigenvalue weighted by molar-refractivity contribution is 5.81. The lowest BCUT2D eigenvalue weighted by Gasteiger charge is -2.02. The van der Waals surface area contributed by atoms with Crippen molar-refractivity contribution < 1.29 is 0 Å². The zero-order chi connectivity index (χ0) is 11.0. The van der Waals surface area contributed by atoms with Gasteiger partial charge in [0.15, 0.2) is 0 Å². The van der Waals surface area contributed by atoms with Gasteiger partial charge in [-0.2, -0.15) is 5.10 Å². The summed E-state index contributed by atoms with van der Waals surface area (Å²) >= 11 is 0. The third kappa shape index (κ3) is 1.32. The van der Waals surface area contributed by atoms with E-state index in [9.17, 15) is 0 Å². The summed E-state index contributed by atoms with van der Waals surface area (Å²) in [6, 6.07) is 11.8. The Morgan fingerprint density at radius 3 is 2.69 bits per heavy atom. The minimum absolute atomic E-state index is 0.505. The number of pyridine rings is 1. The zero-order valence-electron chi connectivity index (χ0n) is 8.54. The minimum Gasteiger partial charge on any atom is -0.384 e. The fourth-order valence-corrected chi connectivity index (χ4v) is 1.71. The Balaban J connectivity index is 2.29. The van der Waals surface area contributed by atoms with Crippen molar-refractivity contribution in [1.82, 2.24) is 14.8 Å². The fraction of sp³-hybridized carbons (Fsp3) is 0. The molecule has 0 saturated heterocycles. The molecular weight excluding hydrogens is 200 g/mol. The highest BCUT2D eigenvalue weighted by Crippen LogP contribution is 2.18. The van der Waals surface area contributed by atoms with Gasteiger partial charge in [0.05, 0.1) is 17.4 Å². The van der Waals surface area contributed by atoms with Gasteiger partial charge in [-0.1, -0.05) is 18.2 Å². The van der Waals surface area contributed by atoms with Gasteiger partial charge in [0.2, 0.25) is 0 Å². The van der Waals surface area contributed by atoms with E-state index in [-0.39, 0.29) is 0 Å². The van der Waals surface area contributed by atoms with E-state index in [1.54, 1.807) is 12.4 Å². The van der Waals surface area contributed by atoms with E-state index in [1.165, 1.54) is 0 Å². The molecule has 0 fully saturated rings. The summed E-state index contributed by atoms with van der Waals surface area (Å²) in [5, 5.41) is 5.31. The van der Waals surface area contributed by atoms with Gasteiger partial charge in [0.25, 0.3) is 0 Å². The first-order valence-corrected chi connectivity index (χ1v) is 4.99. The van der Waals surface area contributed by atoms with E-state index >= 15 is 0 Å². The Labute approximate surface area is 92.3 Å². The maximum atomic E-state index is 5.68. The van der Waals surface area contributed by atoms with Crippen LogP contribution in [-0.2, 0) is 0 Å². The molecule has 3 aromatic rings. The lowest BCUT2D eigenvalue weighted by Crippen LogP contribution is -1.96. The summed E-state index contributed by atoms with van der Waals surface area (Å²) in [6.45, 7) is 0. The first kappa shape index (κ1) is 8.91. The molecule has 2 N–H and O–H groups in total. The van der Waals surface area contributed by atoms with Crippen molar-refractivity contribution in [1.29, 1.82) is 0 Å². The maximum Gasteiger partial charge on any atom is 0.125 e. The molecule has 1 aromatic carbocycles. The van der Waals surface area contributed by atoms with Gasteiger partial charge < -0.3 is 5.73 Å². The van der Waals surface area contributed by atoms with Gasteiger partial charge in [0, 0.05) is 17.6 Å². The number of fused-ring (bicyclic) bond motifs is 1. The molecule has 0 atom stereocenters. The molecule has 78 valence electrons. The Hall–Kier alpha value is -2.36. The Bertz CT molecular complexity index is 628. The molecule has 0 aliphatic heterocycles. The lowest BCUT2D eigenvalue weighted by molar-refractivity contribution is 0.911. The van der Waals surface area contributed by atoms with Crippen molar-refractivity contribution in [2.24, 2.45) is 0 Å². The summed E-state index contributed by atoms with van der Waals surface area (Å²) in [4.78, 5) is 4.04. The normalized spacial score (nSPS) is 10.8. The number of rotatable bonds is 1. The smallest absolute Gasteiger partial charge is 0.125 e. The van der Waals surface area contributed by atoms with Crippen molar-refractivity contribution in [3.8, 4) is 5.69 Å². The summed E-state index contributed by atoms with van der Waals surface area (Å²) in [5.74, 6) is 0.505. The molecule has 0 bridgehead atoms. The maximum absolute atomic E-state index is 5.68. The van der Waals surface area contributed by atoms with Crippen molar-refractivity contribution in [2.75, 3.05) is 5.73 Å². The molecule has 0 saturated carbocycles. The largest absolute Gasteiger partial charge is 0.384 e. The quantitative estimate of drug-likeness (QED) is 0.668. The highest BCUT2D eigenvalue weighted by Gasteiger charge is 2.04. The second kappa shape index (κ2) is 3.34. The van der Waals surface area contributed by atoms with Crippen LogP contribution in [0.5, 0.6) is 0 Å². The van der Waals surface area contributed by atoms with Gasteiger partial charge in [-0.05, 0) is 12.1 Å². The summed E-state index contributed by atoms with van der Waals surface area (Å²) < 4.78 is 1.85. The number of nitrogens with zero attached hydrogens (tertiary/aromatic N) is 3. The van der Waals surface area contributed by atoms with Crippen molar-refractivity contribution in [3.05, 3.63) is 48.8 Å². The summed E-state index contributed by atoms with van der Waals surface area (Å²) in [7, 11) is 0. The van der Waals surface area contributed by atoms with Gasteiger partial charge in [-0.3, -0.25) is 0 Å². The van der Waals surface area contributed by atoms with Crippen LogP contribution in [0, 0.1) is 0 Å². The fourth-order valence-electron chi connectivity index (χ4n) is 1.71. The predicted octanol–water partition coefficient (Wildman–Crippen LogP) is 2.00. The van der Waals surface area contributed by atoms with E-state index < -0.39 is 0 Å². The summed E-state index contributed by atoms with van der Waals surface area (Å²) in [6.07, 6.45) is 3.52. The van der Waals surface area contributed by atoms with Gasteiger partial charge in [0.1, 0.15) is 5.82 Å². The SMILES string of the molecule is Nc1cc2c(cn1)cnn2-c1ccccc1. The Morgan fingerprint density at radius 1 is 1.06 bits per heavy atom. The van der Waals surface area contributed by atoms with Gasteiger partial charge in [-0.15, -0.1) is 0 Å². The van der Waals surface area contributed by atoms with Crippen molar-refractivity contribution in [2.45, 2.75) is 0 Å². The van der Waals surface area contributed by atoms with E-state index in [0.717, 1.165) is 16.6 Å². The number of benzene rings is 1. The molecule has 2 aromatic heterocycles. The van der Waals surface area contributed by atoms with Crippen LogP contribution < -0.4 is 5.73 Å². The molecule has 0 unspecified atom stereocenters. The average molecular weight is 210 g/mol. The molecule has 0 aliphatic rings. The standard InChI is InChI=1S/C12H10N4/c13-12-6-11-9(7-14-12)8-15-16(11)10-4-2-1-3-5-10/h1-8H,(H2,13,14). The number of hydrogen-bond acceptors (Lipinski definition) is 3.